The van der Waals surface area contributed by atoms with Crippen LogP contribution in [0.4, 0.5) is 0 Å². The van der Waals surface area contributed by atoms with Gasteiger partial charge in [0.2, 0.25) is 0 Å². The summed E-state index contributed by atoms with van der Waals surface area (Å²) in [4.78, 5) is 8.60. The van der Waals surface area contributed by atoms with E-state index in [0.717, 1.165) is 0 Å². The van der Waals surface area contributed by atoms with Crippen LogP contribution < -0.4 is 5.50 Å². The first-order valence-corrected chi connectivity index (χ1v) is 5.23. The molecule has 0 radical (unpaired) electrons. The molecular formula is C6H14NO5P. The standard InChI is InChI=1S/C6H14NO5P/c1-2-3-11-5-6(4-8)12-13(7,9)10/h2,6,8H,1,3-5H2,(H3,7,9,10)/t6-/m0/s1. The Labute approximate surface area is 76.5 Å². The largest absolute Gasteiger partial charge is 0.400 e. The van der Waals surface area contributed by atoms with E-state index < -0.39 is 20.5 Å². The smallest absolute Gasteiger partial charge is 0.394 e. The van der Waals surface area contributed by atoms with Gasteiger partial charge in [0.05, 0.1) is 19.8 Å². The minimum atomic E-state index is -4.05. The maximum absolute atomic E-state index is 10.5. The molecule has 0 aromatic rings. The summed E-state index contributed by atoms with van der Waals surface area (Å²) in [5.41, 5.74) is 4.72. The lowest BCUT2D eigenvalue weighted by Crippen LogP contribution is -2.24. The van der Waals surface area contributed by atoms with E-state index in [1.54, 1.807) is 0 Å². The first kappa shape index (κ1) is 12.8. The number of aliphatic hydroxyl groups excluding tert-OH is 1. The number of hydrogen-bond donors (Lipinski definition) is 3. The summed E-state index contributed by atoms with van der Waals surface area (Å²) in [7, 11) is -4.05. The van der Waals surface area contributed by atoms with E-state index in [1.165, 1.54) is 6.08 Å². The molecule has 0 saturated heterocycles. The summed E-state index contributed by atoms with van der Waals surface area (Å²) >= 11 is 0. The van der Waals surface area contributed by atoms with Crippen molar-refractivity contribution in [2.24, 2.45) is 5.50 Å². The normalized spacial score (nSPS) is 17.8. The third-order valence-corrected chi connectivity index (χ3v) is 1.64. The van der Waals surface area contributed by atoms with Crippen LogP contribution in [0, 0.1) is 0 Å². The van der Waals surface area contributed by atoms with Crippen molar-refractivity contribution in [1.29, 1.82) is 0 Å². The maximum atomic E-state index is 10.5. The number of nitrogens with two attached hydrogens (primary N) is 1. The van der Waals surface area contributed by atoms with Gasteiger partial charge in [-0.05, 0) is 0 Å². The molecule has 1 unspecified atom stereocenters. The van der Waals surface area contributed by atoms with Gasteiger partial charge in [-0.25, -0.2) is 10.1 Å². The zero-order valence-electron chi connectivity index (χ0n) is 7.13. The average molecular weight is 211 g/mol. The number of aliphatic hydroxyl groups is 1. The van der Waals surface area contributed by atoms with Gasteiger partial charge < -0.3 is 14.7 Å². The molecule has 2 atom stereocenters. The highest BCUT2D eigenvalue weighted by Crippen LogP contribution is 2.32. The third kappa shape index (κ3) is 8.11. The van der Waals surface area contributed by atoms with Crippen LogP contribution in [0.2, 0.25) is 0 Å². The van der Waals surface area contributed by atoms with Gasteiger partial charge in [-0.3, -0.25) is 4.52 Å². The van der Waals surface area contributed by atoms with Crippen LogP contribution in [0.25, 0.3) is 0 Å². The van der Waals surface area contributed by atoms with Gasteiger partial charge in [0.1, 0.15) is 6.10 Å². The lowest BCUT2D eigenvalue weighted by Gasteiger charge is -2.15. The monoisotopic (exact) mass is 211 g/mol. The molecule has 7 heteroatoms. The van der Waals surface area contributed by atoms with Crippen molar-refractivity contribution >= 4 is 7.75 Å². The summed E-state index contributed by atoms with van der Waals surface area (Å²) in [6.07, 6.45) is 0.621. The molecule has 13 heavy (non-hydrogen) atoms. The fourth-order valence-electron chi connectivity index (χ4n) is 0.613. The minimum Gasteiger partial charge on any atom is -0.394 e. The first-order valence-electron chi connectivity index (χ1n) is 3.59. The predicted molar refractivity (Wildman–Crippen MR) is 47.0 cm³/mol. The van der Waals surface area contributed by atoms with Crippen LogP contribution in [0.5, 0.6) is 0 Å². The zero-order chi connectivity index (χ0) is 10.3. The second-order valence-corrected chi connectivity index (χ2v) is 3.64. The summed E-state index contributed by atoms with van der Waals surface area (Å²) < 4.78 is 19.8. The van der Waals surface area contributed by atoms with Crippen LogP contribution >= 0.6 is 7.75 Å². The maximum Gasteiger partial charge on any atom is 0.400 e. The molecule has 0 bridgehead atoms. The summed E-state index contributed by atoms with van der Waals surface area (Å²) in [5.74, 6) is 0. The summed E-state index contributed by atoms with van der Waals surface area (Å²) in [5, 5.41) is 8.67. The van der Waals surface area contributed by atoms with Gasteiger partial charge in [0.15, 0.2) is 0 Å². The molecule has 0 amide bonds. The Hall–Kier alpha value is -0.230. The van der Waals surface area contributed by atoms with Gasteiger partial charge >= 0.3 is 7.75 Å². The molecule has 0 saturated carbocycles. The lowest BCUT2D eigenvalue weighted by atomic mass is 10.4. The van der Waals surface area contributed by atoms with Crippen molar-refractivity contribution < 1.29 is 23.8 Å². The van der Waals surface area contributed by atoms with Gasteiger partial charge in [-0.15, -0.1) is 6.58 Å². The van der Waals surface area contributed by atoms with Crippen molar-refractivity contribution in [3.8, 4) is 0 Å². The van der Waals surface area contributed by atoms with E-state index in [0.29, 0.717) is 0 Å². The Bertz CT molecular complexity index is 191. The van der Waals surface area contributed by atoms with Crippen LogP contribution in [-0.4, -0.2) is 35.9 Å². The first-order chi connectivity index (χ1) is 5.99. The molecule has 0 spiro atoms. The second-order valence-electron chi connectivity index (χ2n) is 2.30. The van der Waals surface area contributed by atoms with Gasteiger partial charge in [0, 0.05) is 0 Å². The van der Waals surface area contributed by atoms with E-state index >= 15 is 0 Å². The van der Waals surface area contributed by atoms with Gasteiger partial charge in [-0.1, -0.05) is 6.08 Å². The Morgan fingerprint density at radius 1 is 1.69 bits per heavy atom. The second kappa shape index (κ2) is 6.26. The van der Waals surface area contributed by atoms with Crippen molar-refractivity contribution in [2.45, 2.75) is 6.10 Å². The molecule has 0 fully saturated rings. The zero-order valence-corrected chi connectivity index (χ0v) is 8.02. The molecular weight excluding hydrogens is 197 g/mol. The molecule has 0 heterocycles. The predicted octanol–water partition coefficient (Wildman–Crippen LogP) is -0.374. The Kier molecular flexibility index (Phi) is 6.15. The number of ether oxygens (including phenoxy) is 1. The summed E-state index contributed by atoms with van der Waals surface area (Å²) in [6.45, 7) is 3.24. The Morgan fingerprint density at radius 3 is 2.69 bits per heavy atom. The molecule has 0 rings (SSSR count). The van der Waals surface area contributed by atoms with Gasteiger partial charge in [-0.2, -0.15) is 0 Å². The molecule has 4 N–H and O–H groups in total. The highest BCUT2D eigenvalue weighted by atomic mass is 31.2. The molecule has 0 aromatic heterocycles. The van der Waals surface area contributed by atoms with Crippen molar-refractivity contribution in [1.82, 2.24) is 0 Å². The van der Waals surface area contributed by atoms with Gasteiger partial charge in [0.25, 0.3) is 0 Å². The van der Waals surface area contributed by atoms with E-state index in [9.17, 15) is 4.57 Å². The highest BCUT2D eigenvalue weighted by molar-refractivity contribution is 7.50. The molecule has 0 aliphatic rings. The lowest BCUT2D eigenvalue weighted by molar-refractivity contribution is 0.0238. The summed E-state index contributed by atoms with van der Waals surface area (Å²) in [6, 6.07) is 0. The fraction of sp³-hybridized carbons (Fsp3) is 0.667. The van der Waals surface area contributed by atoms with E-state index in [-0.39, 0.29) is 13.2 Å². The van der Waals surface area contributed by atoms with Crippen LogP contribution in [0.3, 0.4) is 0 Å². The number of hydrogen-bond acceptors (Lipinski definition) is 4. The van der Waals surface area contributed by atoms with Crippen molar-refractivity contribution in [3.63, 3.8) is 0 Å². The quantitative estimate of drug-likeness (QED) is 0.301. The van der Waals surface area contributed by atoms with Crippen LogP contribution in [-0.2, 0) is 13.8 Å². The Morgan fingerprint density at radius 2 is 2.31 bits per heavy atom. The topological polar surface area (TPSA) is 102 Å². The molecule has 0 aliphatic carbocycles. The van der Waals surface area contributed by atoms with Crippen LogP contribution in [0.15, 0.2) is 12.7 Å². The van der Waals surface area contributed by atoms with E-state index in [1.807, 2.05) is 0 Å². The third-order valence-electron chi connectivity index (χ3n) is 1.04. The average Bonchev–Trinajstić information content (AvgIpc) is 2.01. The van der Waals surface area contributed by atoms with Crippen molar-refractivity contribution in [2.75, 3.05) is 19.8 Å². The Balaban J connectivity index is 3.76. The van der Waals surface area contributed by atoms with Crippen molar-refractivity contribution in [3.05, 3.63) is 12.7 Å². The SMILES string of the molecule is C=CCOC[C@H](CO)OP(N)(=O)O. The molecule has 0 aromatic carbocycles. The molecule has 6 nitrogen and oxygen atoms in total. The molecule has 78 valence electrons. The minimum absolute atomic E-state index is 0.00965. The van der Waals surface area contributed by atoms with Crippen LogP contribution in [0.1, 0.15) is 0 Å². The fourth-order valence-corrected chi connectivity index (χ4v) is 1.17. The number of rotatable bonds is 7. The highest BCUT2D eigenvalue weighted by Gasteiger charge is 2.19. The molecule has 0 aliphatic heterocycles. The van der Waals surface area contributed by atoms with E-state index in [2.05, 4.69) is 11.1 Å². The van der Waals surface area contributed by atoms with E-state index in [4.69, 9.17) is 20.2 Å².